The second kappa shape index (κ2) is 6.89. The molecule has 124 valence electrons. The maximum absolute atomic E-state index is 11.9. The number of nitrogens with one attached hydrogen (secondary N) is 1. The lowest BCUT2D eigenvalue weighted by molar-refractivity contribution is 0.309. The Balaban J connectivity index is 1.86. The number of rotatable bonds is 7. The molecule has 0 saturated carbocycles. The van der Waals surface area contributed by atoms with Gasteiger partial charge in [0.05, 0.1) is 11.6 Å². The summed E-state index contributed by atoms with van der Waals surface area (Å²) < 4.78 is 15.7. The van der Waals surface area contributed by atoms with Crippen molar-refractivity contribution in [2.24, 2.45) is 5.11 Å². The van der Waals surface area contributed by atoms with E-state index in [-0.39, 0.29) is 30.4 Å². The van der Waals surface area contributed by atoms with Crippen LogP contribution in [-0.2, 0) is 6.54 Å². The van der Waals surface area contributed by atoms with Crippen LogP contribution in [0.1, 0.15) is 5.76 Å². The average molecular weight is 353 g/mol. The molecule has 0 amide bonds. The van der Waals surface area contributed by atoms with Gasteiger partial charge in [-0.2, -0.15) is 0 Å². The minimum atomic E-state index is -0.708. The Morgan fingerprint density at radius 2 is 2.29 bits per heavy atom. The van der Waals surface area contributed by atoms with Gasteiger partial charge >= 0.3 is 5.76 Å². The van der Waals surface area contributed by atoms with Crippen LogP contribution in [0.5, 0.6) is 0 Å². The summed E-state index contributed by atoms with van der Waals surface area (Å²) in [5, 5.41) is 17.7. The van der Waals surface area contributed by atoms with Gasteiger partial charge < -0.3 is 9.73 Å². The summed E-state index contributed by atoms with van der Waals surface area (Å²) in [6.07, 6.45) is 1.34. The minimum Gasteiger partial charge on any atom is -0.466 e. The van der Waals surface area contributed by atoms with Gasteiger partial charge in [0.25, 0.3) is 0 Å². The van der Waals surface area contributed by atoms with E-state index in [1.165, 1.54) is 10.8 Å². The van der Waals surface area contributed by atoms with E-state index in [4.69, 9.17) is 21.5 Å². The van der Waals surface area contributed by atoms with E-state index in [0.717, 1.165) is 0 Å². The highest BCUT2D eigenvalue weighted by molar-refractivity contribution is 6.30. The first-order chi connectivity index (χ1) is 11.7. The zero-order valence-electron chi connectivity index (χ0n) is 11.9. The van der Waals surface area contributed by atoms with E-state index in [2.05, 4.69) is 40.0 Å². The standard InChI is InChI=1S/C11H9ClN8O4/c12-6-3-7(22-5-6)4-20-10(18-23-11(20)21)8-9(17-24-16-8)14-1-2-15-19-13/h3,5H,1-2,4H2,(H,14,17). The van der Waals surface area contributed by atoms with E-state index in [1.807, 2.05) is 0 Å². The zero-order valence-corrected chi connectivity index (χ0v) is 12.7. The Hall–Kier alpha value is -3.24. The molecule has 3 aromatic rings. The highest BCUT2D eigenvalue weighted by Crippen LogP contribution is 2.23. The highest BCUT2D eigenvalue weighted by Gasteiger charge is 2.22. The van der Waals surface area contributed by atoms with Crippen molar-refractivity contribution in [1.82, 2.24) is 20.0 Å². The summed E-state index contributed by atoms with van der Waals surface area (Å²) in [6, 6.07) is 1.56. The number of aromatic nitrogens is 4. The van der Waals surface area contributed by atoms with Crippen LogP contribution >= 0.6 is 11.6 Å². The van der Waals surface area contributed by atoms with Crippen molar-refractivity contribution in [3.8, 4) is 11.5 Å². The SMILES string of the molecule is [N-]=[N+]=NCCNc1nonc1-c1noc(=O)n1Cc1cc(Cl)co1. The normalized spacial score (nSPS) is 10.5. The molecule has 0 atom stereocenters. The molecule has 3 rings (SSSR count). The summed E-state index contributed by atoms with van der Waals surface area (Å²) in [5.74, 6) is 0.0455. The van der Waals surface area contributed by atoms with Crippen LogP contribution in [0.2, 0.25) is 5.02 Å². The fourth-order valence-corrected chi connectivity index (χ4v) is 2.06. The quantitative estimate of drug-likeness (QED) is 0.292. The molecule has 0 bridgehead atoms. The highest BCUT2D eigenvalue weighted by atomic mass is 35.5. The molecule has 0 unspecified atom stereocenters. The molecule has 0 radical (unpaired) electrons. The molecular weight excluding hydrogens is 344 g/mol. The fraction of sp³-hybridized carbons (Fsp3) is 0.273. The number of azide groups is 1. The molecule has 0 saturated heterocycles. The first kappa shape index (κ1) is 15.6. The summed E-state index contributed by atoms with van der Waals surface area (Å²) in [6.45, 7) is 0.524. The van der Waals surface area contributed by atoms with Gasteiger partial charge in [0.15, 0.2) is 5.69 Å². The van der Waals surface area contributed by atoms with Crippen molar-refractivity contribution in [1.29, 1.82) is 0 Å². The van der Waals surface area contributed by atoms with E-state index in [9.17, 15) is 4.79 Å². The third kappa shape index (κ3) is 3.24. The molecule has 0 aliphatic heterocycles. The van der Waals surface area contributed by atoms with Crippen molar-refractivity contribution in [2.75, 3.05) is 18.4 Å². The lowest BCUT2D eigenvalue weighted by Crippen LogP contribution is -2.16. The van der Waals surface area contributed by atoms with Crippen molar-refractivity contribution >= 4 is 17.4 Å². The Morgan fingerprint density at radius 3 is 3.04 bits per heavy atom. The topological polar surface area (TPSA) is 161 Å². The number of hydrogen-bond donors (Lipinski definition) is 1. The van der Waals surface area contributed by atoms with E-state index >= 15 is 0 Å². The number of furan rings is 1. The smallest absolute Gasteiger partial charge is 0.442 e. The molecule has 3 heterocycles. The number of anilines is 1. The third-order valence-electron chi connectivity index (χ3n) is 2.89. The van der Waals surface area contributed by atoms with Gasteiger partial charge in [0.2, 0.25) is 11.6 Å². The lowest BCUT2D eigenvalue weighted by Gasteiger charge is -2.02. The molecule has 13 heteroatoms. The van der Waals surface area contributed by atoms with Crippen LogP contribution in [-0.4, -0.2) is 33.1 Å². The van der Waals surface area contributed by atoms with Gasteiger partial charge in [-0.3, -0.25) is 4.52 Å². The van der Waals surface area contributed by atoms with Gasteiger partial charge in [-0.25, -0.2) is 14.0 Å². The predicted octanol–water partition coefficient (Wildman–Crippen LogP) is 1.90. The van der Waals surface area contributed by atoms with E-state index in [1.54, 1.807) is 6.07 Å². The average Bonchev–Trinajstić information content (AvgIpc) is 3.27. The molecule has 0 aliphatic rings. The Kier molecular flexibility index (Phi) is 4.50. The fourth-order valence-electron chi connectivity index (χ4n) is 1.89. The Morgan fingerprint density at radius 1 is 1.42 bits per heavy atom. The summed E-state index contributed by atoms with van der Waals surface area (Å²) in [5.41, 5.74) is 8.41. The second-order valence-corrected chi connectivity index (χ2v) is 4.87. The Bertz CT molecular complexity index is 934. The summed E-state index contributed by atoms with van der Waals surface area (Å²) >= 11 is 5.79. The Labute approximate surface area is 137 Å². The minimum absolute atomic E-state index is 0.0371. The molecule has 3 aromatic heterocycles. The van der Waals surface area contributed by atoms with Crippen LogP contribution < -0.4 is 11.1 Å². The molecule has 1 N–H and O–H groups in total. The molecular formula is C11H9ClN8O4. The molecule has 0 spiro atoms. The number of halogens is 1. The molecule has 12 nitrogen and oxygen atoms in total. The molecule has 0 fully saturated rings. The zero-order chi connectivity index (χ0) is 16.9. The molecule has 0 aliphatic carbocycles. The maximum Gasteiger partial charge on any atom is 0.442 e. The van der Waals surface area contributed by atoms with E-state index < -0.39 is 5.76 Å². The van der Waals surface area contributed by atoms with Gasteiger partial charge in [0.1, 0.15) is 12.0 Å². The van der Waals surface area contributed by atoms with Crippen molar-refractivity contribution in [2.45, 2.75) is 6.54 Å². The third-order valence-corrected chi connectivity index (χ3v) is 3.09. The van der Waals surface area contributed by atoms with Crippen LogP contribution in [0.25, 0.3) is 22.0 Å². The second-order valence-electron chi connectivity index (χ2n) is 4.43. The number of nitrogens with zero attached hydrogens (tertiary/aromatic N) is 7. The summed E-state index contributed by atoms with van der Waals surface area (Å²) in [4.78, 5) is 14.5. The van der Waals surface area contributed by atoms with Gasteiger partial charge in [-0.15, -0.1) is 0 Å². The van der Waals surface area contributed by atoms with Crippen molar-refractivity contribution < 1.29 is 13.6 Å². The molecule has 0 aromatic carbocycles. The van der Waals surface area contributed by atoms with Crippen LogP contribution in [0.3, 0.4) is 0 Å². The van der Waals surface area contributed by atoms with E-state index in [0.29, 0.717) is 17.3 Å². The predicted molar refractivity (Wildman–Crippen MR) is 79.4 cm³/mol. The van der Waals surface area contributed by atoms with Crippen LogP contribution in [0.4, 0.5) is 5.82 Å². The number of hydrogen-bond acceptors (Lipinski definition) is 9. The van der Waals surface area contributed by atoms with Crippen molar-refractivity contribution in [3.05, 3.63) is 44.1 Å². The summed E-state index contributed by atoms with van der Waals surface area (Å²) in [7, 11) is 0. The van der Waals surface area contributed by atoms with Gasteiger partial charge in [-0.05, 0) is 15.8 Å². The first-order valence-corrected chi connectivity index (χ1v) is 6.94. The van der Waals surface area contributed by atoms with Gasteiger partial charge in [0, 0.05) is 24.1 Å². The van der Waals surface area contributed by atoms with Crippen LogP contribution in [0.15, 0.2) is 35.8 Å². The first-order valence-electron chi connectivity index (χ1n) is 6.56. The lowest BCUT2D eigenvalue weighted by atomic mass is 10.3. The van der Waals surface area contributed by atoms with Crippen LogP contribution in [0, 0.1) is 0 Å². The van der Waals surface area contributed by atoms with Crippen molar-refractivity contribution in [3.63, 3.8) is 0 Å². The maximum atomic E-state index is 11.9. The van der Waals surface area contributed by atoms with Gasteiger partial charge in [-0.1, -0.05) is 21.9 Å². The monoisotopic (exact) mass is 352 g/mol. The largest absolute Gasteiger partial charge is 0.466 e. The molecule has 24 heavy (non-hydrogen) atoms.